The van der Waals surface area contributed by atoms with Crippen LogP contribution >= 0.6 is 23.2 Å². The van der Waals surface area contributed by atoms with Gasteiger partial charge in [0.15, 0.2) is 5.78 Å². The molecule has 0 aliphatic rings. The highest BCUT2D eigenvalue weighted by atomic mass is 35.5. The summed E-state index contributed by atoms with van der Waals surface area (Å²) in [6, 6.07) is 14.4. The normalized spacial score (nSPS) is 10.5. The van der Waals surface area contributed by atoms with E-state index in [9.17, 15) is 4.79 Å². The Kier molecular flexibility index (Phi) is 4.65. The fourth-order valence-electron chi connectivity index (χ4n) is 2.04. The Hall–Kier alpha value is -2.30. The molecular formula is C17H12Cl2N2O2. The lowest BCUT2D eigenvalue weighted by molar-refractivity contribution is 0.0697. The summed E-state index contributed by atoms with van der Waals surface area (Å²) in [5.41, 5.74) is 1.78. The Labute approximate surface area is 143 Å². The van der Waals surface area contributed by atoms with Crippen molar-refractivity contribution < 1.29 is 9.63 Å². The summed E-state index contributed by atoms with van der Waals surface area (Å²) in [6.07, 6.45) is 2.97. The standard InChI is InChI=1S/C17H12Cl2N2O2/c18-14-6-7-15(16(19)8-14)17(22)13-9-20-21(10-13)23-11-12-4-2-1-3-5-12/h1-10H,11H2. The van der Waals surface area contributed by atoms with Crippen molar-refractivity contribution in [2.24, 2.45) is 0 Å². The highest BCUT2D eigenvalue weighted by Crippen LogP contribution is 2.23. The number of ketones is 1. The molecule has 2 aromatic carbocycles. The Balaban J connectivity index is 1.72. The number of benzene rings is 2. The minimum Gasteiger partial charge on any atom is -0.392 e. The average Bonchev–Trinajstić information content (AvgIpc) is 3.02. The molecule has 0 saturated heterocycles. The van der Waals surface area contributed by atoms with Gasteiger partial charge in [0.1, 0.15) is 6.61 Å². The number of carbonyl (C=O) groups excluding carboxylic acids is 1. The molecule has 0 N–H and O–H groups in total. The number of nitrogens with zero attached hydrogens (tertiary/aromatic N) is 2. The molecule has 0 unspecified atom stereocenters. The molecule has 0 bridgehead atoms. The molecule has 0 aliphatic carbocycles. The molecule has 23 heavy (non-hydrogen) atoms. The average molecular weight is 347 g/mol. The van der Waals surface area contributed by atoms with E-state index >= 15 is 0 Å². The Morgan fingerprint density at radius 3 is 2.65 bits per heavy atom. The summed E-state index contributed by atoms with van der Waals surface area (Å²) in [6.45, 7) is 0.359. The molecule has 0 spiro atoms. The second kappa shape index (κ2) is 6.86. The van der Waals surface area contributed by atoms with Gasteiger partial charge in [-0.25, -0.2) is 0 Å². The van der Waals surface area contributed by atoms with Crippen LogP contribution in [0.4, 0.5) is 0 Å². The van der Waals surface area contributed by atoms with E-state index in [2.05, 4.69) is 5.10 Å². The van der Waals surface area contributed by atoms with Gasteiger partial charge in [0.25, 0.3) is 0 Å². The van der Waals surface area contributed by atoms with Crippen molar-refractivity contribution in [3.63, 3.8) is 0 Å². The molecule has 1 aromatic heterocycles. The van der Waals surface area contributed by atoms with E-state index in [-0.39, 0.29) is 5.78 Å². The predicted molar refractivity (Wildman–Crippen MR) is 88.8 cm³/mol. The van der Waals surface area contributed by atoms with Crippen molar-refractivity contribution in [2.75, 3.05) is 0 Å². The van der Waals surface area contributed by atoms with Crippen molar-refractivity contribution >= 4 is 29.0 Å². The molecule has 4 nitrogen and oxygen atoms in total. The van der Waals surface area contributed by atoms with Crippen LogP contribution in [-0.2, 0) is 6.61 Å². The predicted octanol–water partition coefficient (Wildman–Crippen LogP) is 4.05. The van der Waals surface area contributed by atoms with Gasteiger partial charge in [-0.05, 0) is 23.8 Å². The lowest BCUT2D eigenvalue weighted by atomic mass is 10.1. The molecule has 116 valence electrons. The third kappa shape index (κ3) is 3.73. The minimum absolute atomic E-state index is 0.235. The van der Waals surface area contributed by atoms with Crippen LogP contribution in [0.1, 0.15) is 21.5 Å². The first-order valence-electron chi connectivity index (χ1n) is 6.85. The summed E-state index contributed by atoms with van der Waals surface area (Å²) >= 11 is 11.9. The molecule has 0 aliphatic heterocycles. The molecule has 3 rings (SSSR count). The monoisotopic (exact) mass is 346 g/mol. The van der Waals surface area contributed by atoms with E-state index in [0.717, 1.165) is 5.56 Å². The fourth-order valence-corrected chi connectivity index (χ4v) is 2.53. The summed E-state index contributed by atoms with van der Waals surface area (Å²) in [5, 5.41) is 4.82. The molecule has 0 saturated carbocycles. The van der Waals surface area contributed by atoms with Gasteiger partial charge in [-0.15, -0.1) is 9.94 Å². The number of rotatable bonds is 5. The van der Waals surface area contributed by atoms with Crippen molar-refractivity contribution in [1.29, 1.82) is 0 Å². The second-order valence-corrected chi connectivity index (χ2v) is 5.69. The number of aromatic nitrogens is 2. The van der Waals surface area contributed by atoms with Crippen LogP contribution in [0.2, 0.25) is 10.0 Å². The van der Waals surface area contributed by atoms with Gasteiger partial charge in [-0.3, -0.25) is 4.79 Å². The van der Waals surface area contributed by atoms with E-state index in [4.69, 9.17) is 28.0 Å². The zero-order valence-electron chi connectivity index (χ0n) is 11.9. The fraction of sp³-hybridized carbons (Fsp3) is 0.0588. The summed E-state index contributed by atoms with van der Waals surface area (Å²) < 4.78 is 0. The summed E-state index contributed by atoms with van der Waals surface area (Å²) in [4.78, 5) is 19.2. The van der Waals surface area contributed by atoms with E-state index in [1.165, 1.54) is 23.3 Å². The molecule has 0 radical (unpaired) electrons. The molecular weight excluding hydrogens is 335 g/mol. The topological polar surface area (TPSA) is 44.1 Å². The third-order valence-corrected chi connectivity index (χ3v) is 3.75. The van der Waals surface area contributed by atoms with Crippen LogP contribution in [0.25, 0.3) is 0 Å². The van der Waals surface area contributed by atoms with Gasteiger partial charge < -0.3 is 4.84 Å². The van der Waals surface area contributed by atoms with Gasteiger partial charge in [-0.1, -0.05) is 53.5 Å². The van der Waals surface area contributed by atoms with Gasteiger partial charge in [-0.2, -0.15) is 0 Å². The van der Waals surface area contributed by atoms with E-state index in [1.54, 1.807) is 12.1 Å². The van der Waals surface area contributed by atoms with Crippen molar-refractivity contribution in [3.05, 3.63) is 87.7 Å². The van der Waals surface area contributed by atoms with Crippen LogP contribution in [-0.4, -0.2) is 15.7 Å². The molecule has 6 heteroatoms. The second-order valence-electron chi connectivity index (χ2n) is 4.84. The lowest BCUT2D eigenvalue weighted by Crippen LogP contribution is -2.11. The highest BCUT2D eigenvalue weighted by molar-refractivity contribution is 6.37. The maximum atomic E-state index is 12.4. The Bertz CT molecular complexity index is 832. The molecule has 0 atom stereocenters. The minimum atomic E-state index is -0.235. The van der Waals surface area contributed by atoms with Gasteiger partial charge in [0, 0.05) is 10.6 Å². The number of halogens is 2. The molecule has 1 heterocycles. The smallest absolute Gasteiger partial charge is 0.197 e. The first kappa shape index (κ1) is 15.6. The maximum Gasteiger partial charge on any atom is 0.197 e. The zero-order valence-corrected chi connectivity index (χ0v) is 13.5. The van der Waals surface area contributed by atoms with Crippen LogP contribution in [0.3, 0.4) is 0 Å². The number of hydrogen-bond donors (Lipinski definition) is 0. The quantitative estimate of drug-likeness (QED) is 0.654. The third-order valence-electron chi connectivity index (χ3n) is 3.20. The molecule has 0 fully saturated rings. The van der Waals surface area contributed by atoms with Crippen LogP contribution in [0, 0.1) is 0 Å². The van der Waals surface area contributed by atoms with Crippen molar-refractivity contribution in [2.45, 2.75) is 6.61 Å². The van der Waals surface area contributed by atoms with Gasteiger partial charge >= 0.3 is 0 Å². The molecule has 3 aromatic rings. The highest BCUT2D eigenvalue weighted by Gasteiger charge is 2.15. The van der Waals surface area contributed by atoms with Crippen LogP contribution < -0.4 is 4.84 Å². The number of hydrogen-bond acceptors (Lipinski definition) is 3. The van der Waals surface area contributed by atoms with E-state index < -0.39 is 0 Å². The van der Waals surface area contributed by atoms with Gasteiger partial charge in [0.05, 0.1) is 23.0 Å². The first-order chi connectivity index (χ1) is 11.1. The van der Waals surface area contributed by atoms with Crippen LogP contribution in [0.5, 0.6) is 0 Å². The van der Waals surface area contributed by atoms with E-state index in [1.807, 2.05) is 30.3 Å². The number of carbonyl (C=O) groups is 1. The SMILES string of the molecule is O=C(c1cnn(OCc2ccccc2)c1)c1ccc(Cl)cc1Cl. The lowest BCUT2D eigenvalue weighted by Gasteiger charge is -2.04. The van der Waals surface area contributed by atoms with Crippen LogP contribution in [0.15, 0.2) is 60.9 Å². The zero-order chi connectivity index (χ0) is 16.2. The van der Waals surface area contributed by atoms with Crippen molar-refractivity contribution in [1.82, 2.24) is 9.94 Å². The summed E-state index contributed by atoms with van der Waals surface area (Å²) in [5.74, 6) is -0.235. The maximum absolute atomic E-state index is 12.4. The van der Waals surface area contributed by atoms with Crippen molar-refractivity contribution in [3.8, 4) is 0 Å². The van der Waals surface area contributed by atoms with E-state index in [0.29, 0.717) is 27.8 Å². The Morgan fingerprint density at radius 1 is 1.13 bits per heavy atom. The molecule has 0 amide bonds. The summed E-state index contributed by atoms with van der Waals surface area (Å²) in [7, 11) is 0. The first-order valence-corrected chi connectivity index (χ1v) is 7.61. The van der Waals surface area contributed by atoms with Gasteiger partial charge in [0.2, 0.25) is 0 Å². The largest absolute Gasteiger partial charge is 0.392 e. The Morgan fingerprint density at radius 2 is 1.91 bits per heavy atom.